The Morgan fingerprint density at radius 1 is 1.00 bits per heavy atom. The zero-order chi connectivity index (χ0) is 22.4. The van der Waals surface area contributed by atoms with E-state index in [4.69, 9.17) is 4.98 Å². The van der Waals surface area contributed by atoms with Crippen molar-refractivity contribution in [2.75, 3.05) is 18.0 Å². The van der Waals surface area contributed by atoms with Crippen LogP contribution in [0.25, 0.3) is 27.6 Å². The minimum atomic E-state index is 0.265. The molecule has 3 heterocycles. The standard InChI is InChI=1S/C27H30N4O/c1-17-13-18(2)26(19(3)14-17)31-23-8-6-5-7-22(23)25-24(15-20(4)29-27(25)31)30-11-9-21(10-12-30)28-16-32/h5-8,13-16,21H,9-12H2,1-4H3,(H,28,32). The number of para-hydroxylation sites is 1. The fourth-order valence-corrected chi connectivity index (χ4v) is 5.44. The van der Waals surface area contributed by atoms with Gasteiger partial charge >= 0.3 is 0 Å². The molecule has 0 atom stereocenters. The summed E-state index contributed by atoms with van der Waals surface area (Å²) in [6.45, 7) is 10.5. The maximum absolute atomic E-state index is 10.9. The molecule has 2 aromatic heterocycles. The van der Waals surface area contributed by atoms with Gasteiger partial charge in [-0.05, 0) is 63.8 Å². The summed E-state index contributed by atoms with van der Waals surface area (Å²) in [5, 5.41) is 5.40. The first kappa shape index (κ1) is 20.6. The molecule has 0 bridgehead atoms. The molecule has 0 spiro atoms. The topological polar surface area (TPSA) is 50.2 Å². The summed E-state index contributed by atoms with van der Waals surface area (Å²) in [6.07, 6.45) is 2.74. The van der Waals surface area contributed by atoms with Crippen LogP contribution in [0.4, 0.5) is 5.69 Å². The number of carbonyl (C=O) groups is 1. The number of hydrogen-bond donors (Lipinski definition) is 1. The molecular formula is C27H30N4O. The van der Waals surface area contributed by atoms with Gasteiger partial charge in [0.15, 0.2) is 0 Å². The highest BCUT2D eigenvalue weighted by molar-refractivity contribution is 6.14. The van der Waals surface area contributed by atoms with E-state index in [9.17, 15) is 4.79 Å². The Morgan fingerprint density at radius 2 is 1.69 bits per heavy atom. The number of hydrogen-bond acceptors (Lipinski definition) is 3. The maximum Gasteiger partial charge on any atom is 0.207 e. The number of carbonyl (C=O) groups excluding carboxylic acids is 1. The highest BCUT2D eigenvalue weighted by atomic mass is 16.1. The van der Waals surface area contributed by atoms with Crippen LogP contribution in [0.1, 0.15) is 35.2 Å². The van der Waals surface area contributed by atoms with Crippen LogP contribution in [0, 0.1) is 27.7 Å². The van der Waals surface area contributed by atoms with Crippen molar-refractivity contribution >= 4 is 34.0 Å². The van der Waals surface area contributed by atoms with Gasteiger partial charge in [-0.15, -0.1) is 0 Å². The Morgan fingerprint density at radius 3 is 2.38 bits per heavy atom. The van der Waals surface area contributed by atoms with E-state index in [-0.39, 0.29) is 6.04 Å². The number of aryl methyl sites for hydroxylation is 4. The van der Waals surface area contributed by atoms with E-state index < -0.39 is 0 Å². The number of rotatable bonds is 4. The average molecular weight is 427 g/mol. The molecule has 0 aliphatic carbocycles. The molecule has 5 nitrogen and oxygen atoms in total. The van der Waals surface area contributed by atoms with E-state index in [1.165, 1.54) is 44.4 Å². The summed E-state index contributed by atoms with van der Waals surface area (Å²) >= 11 is 0. The summed E-state index contributed by atoms with van der Waals surface area (Å²) in [5.41, 5.74) is 9.49. The van der Waals surface area contributed by atoms with Crippen molar-refractivity contribution < 1.29 is 4.79 Å². The Hall–Kier alpha value is -3.34. The zero-order valence-electron chi connectivity index (χ0n) is 19.3. The van der Waals surface area contributed by atoms with E-state index >= 15 is 0 Å². The fourth-order valence-electron chi connectivity index (χ4n) is 5.44. The Kier molecular flexibility index (Phi) is 5.12. The van der Waals surface area contributed by atoms with Gasteiger partial charge in [0, 0.05) is 30.2 Å². The van der Waals surface area contributed by atoms with Crippen LogP contribution in [-0.4, -0.2) is 35.1 Å². The Labute approximate surface area is 189 Å². The van der Waals surface area contributed by atoms with Crippen molar-refractivity contribution in [2.45, 2.75) is 46.6 Å². The predicted molar refractivity (Wildman–Crippen MR) is 132 cm³/mol. The van der Waals surface area contributed by atoms with Crippen molar-refractivity contribution in [3.63, 3.8) is 0 Å². The molecule has 1 aliphatic rings. The Balaban J connectivity index is 1.77. The first-order valence-electron chi connectivity index (χ1n) is 11.4. The third-order valence-corrected chi connectivity index (χ3v) is 6.73. The molecular weight excluding hydrogens is 396 g/mol. The molecule has 0 radical (unpaired) electrons. The molecule has 1 aliphatic heterocycles. The molecule has 5 heteroatoms. The lowest BCUT2D eigenvalue weighted by Crippen LogP contribution is -2.42. The number of aromatic nitrogens is 2. The van der Waals surface area contributed by atoms with Gasteiger partial charge in [-0.3, -0.25) is 9.36 Å². The van der Waals surface area contributed by atoms with E-state index in [1.807, 2.05) is 0 Å². The first-order chi connectivity index (χ1) is 15.5. The van der Waals surface area contributed by atoms with Gasteiger partial charge in [-0.25, -0.2) is 4.98 Å². The highest BCUT2D eigenvalue weighted by Gasteiger charge is 2.25. The molecule has 164 valence electrons. The van der Waals surface area contributed by atoms with E-state index in [2.05, 4.69) is 84.9 Å². The fraction of sp³-hybridized carbons (Fsp3) is 0.333. The number of benzene rings is 2. The number of amides is 1. The van der Waals surface area contributed by atoms with Gasteiger partial charge in [0.25, 0.3) is 0 Å². The molecule has 2 aromatic carbocycles. The Bertz CT molecular complexity index is 1310. The van der Waals surface area contributed by atoms with Crippen LogP contribution in [0.15, 0.2) is 42.5 Å². The summed E-state index contributed by atoms with van der Waals surface area (Å²) in [7, 11) is 0. The van der Waals surface area contributed by atoms with Gasteiger partial charge < -0.3 is 10.2 Å². The van der Waals surface area contributed by atoms with Gasteiger partial charge in [0.05, 0.1) is 22.3 Å². The number of nitrogens with one attached hydrogen (secondary N) is 1. The maximum atomic E-state index is 10.9. The highest BCUT2D eigenvalue weighted by Crippen LogP contribution is 2.39. The molecule has 32 heavy (non-hydrogen) atoms. The van der Waals surface area contributed by atoms with Crippen molar-refractivity contribution in [1.29, 1.82) is 0 Å². The molecule has 1 amide bonds. The molecule has 4 aromatic rings. The summed E-state index contributed by atoms with van der Waals surface area (Å²) in [5.74, 6) is 0. The SMILES string of the molecule is Cc1cc(C)c(-n2c3ccccc3c3c(N4CCC(NC=O)CC4)cc(C)nc32)c(C)c1. The average Bonchev–Trinajstić information content (AvgIpc) is 3.07. The normalized spacial score (nSPS) is 14.9. The van der Waals surface area contributed by atoms with Crippen molar-refractivity contribution in [1.82, 2.24) is 14.9 Å². The number of anilines is 1. The minimum Gasteiger partial charge on any atom is -0.371 e. The van der Waals surface area contributed by atoms with E-state index in [1.54, 1.807) is 0 Å². The molecule has 1 saturated heterocycles. The largest absolute Gasteiger partial charge is 0.371 e. The van der Waals surface area contributed by atoms with Crippen molar-refractivity contribution in [3.05, 3.63) is 64.8 Å². The summed E-state index contributed by atoms with van der Waals surface area (Å²) < 4.78 is 2.35. The smallest absolute Gasteiger partial charge is 0.207 e. The van der Waals surface area contributed by atoms with Crippen LogP contribution in [0.2, 0.25) is 0 Å². The van der Waals surface area contributed by atoms with Crippen molar-refractivity contribution in [3.8, 4) is 5.69 Å². The quantitative estimate of drug-likeness (QED) is 0.461. The molecule has 0 saturated carbocycles. The van der Waals surface area contributed by atoms with Crippen LogP contribution in [0.3, 0.4) is 0 Å². The zero-order valence-corrected chi connectivity index (χ0v) is 19.3. The lowest BCUT2D eigenvalue weighted by molar-refractivity contribution is -0.110. The number of fused-ring (bicyclic) bond motifs is 3. The second-order valence-electron chi connectivity index (χ2n) is 9.13. The van der Waals surface area contributed by atoms with Gasteiger partial charge in [-0.2, -0.15) is 0 Å². The number of nitrogens with zero attached hydrogens (tertiary/aromatic N) is 3. The summed E-state index contributed by atoms with van der Waals surface area (Å²) in [4.78, 5) is 18.4. The van der Waals surface area contributed by atoms with Gasteiger partial charge in [0.1, 0.15) is 5.65 Å². The molecule has 5 rings (SSSR count). The second kappa shape index (κ2) is 7.97. The monoisotopic (exact) mass is 426 g/mol. The van der Waals surface area contributed by atoms with Gasteiger partial charge in [0.2, 0.25) is 6.41 Å². The minimum absolute atomic E-state index is 0.265. The van der Waals surface area contributed by atoms with Crippen LogP contribution in [0.5, 0.6) is 0 Å². The van der Waals surface area contributed by atoms with Crippen LogP contribution >= 0.6 is 0 Å². The third-order valence-electron chi connectivity index (χ3n) is 6.73. The first-order valence-corrected chi connectivity index (χ1v) is 11.4. The molecule has 1 fully saturated rings. The predicted octanol–water partition coefficient (Wildman–Crippen LogP) is 5.13. The lowest BCUT2D eigenvalue weighted by atomic mass is 10.0. The molecule has 0 unspecified atom stereocenters. The number of piperidine rings is 1. The third kappa shape index (κ3) is 3.32. The van der Waals surface area contributed by atoms with Gasteiger partial charge in [-0.1, -0.05) is 35.9 Å². The number of pyridine rings is 1. The molecule has 1 N–H and O–H groups in total. The van der Waals surface area contributed by atoms with Crippen LogP contribution in [-0.2, 0) is 4.79 Å². The van der Waals surface area contributed by atoms with Crippen molar-refractivity contribution in [2.24, 2.45) is 0 Å². The van der Waals surface area contributed by atoms with Crippen LogP contribution < -0.4 is 10.2 Å². The van der Waals surface area contributed by atoms with E-state index in [0.29, 0.717) is 0 Å². The van der Waals surface area contributed by atoms with E-state index in [0.717, 1.165) is 43.7 Å². The summed E-state index contributed by atoms with van der Waals surface area (Å²) in [6, 6.07) is 15.6. The second-order valence-corrected chi connectivity index (χ2v) is 9.13. The lowest BCUT2D eigenvalue weighted by Gasteiger charge is -2.34.